The molecule has 0 aliphatic carbocycles. The molecule has 50 valence electrons. The maximum absolute atomic E-state index is 6.49. The lowest BCUT2D eigenvalue weighted by molar-refractivity contribution is 1.07. The summed E-state index contributed by atoms with van der Waals surface area (Å²) >= 11 is 10.7. The maximum atomic E-state index is 6.49. The van der Waals surface area contributed by atoms with Crippen LogP contribution >= 0.6 is 23.2 Å². The van der Waals surface area contributed by atoms with Gasteiger partial charge in [-0.25, -0.2) is 0 Å². The Hall–Kier alpha value is -0.920. The monoisotopic (exact) mass is 174 g/mol. The van der Waals surface area contributed by atoms with Crippen LogP contribution in [0.1, 0.15) is 0 Å². The lowest BCUT2D eigenvalue weighted by Gasteiger charge is -1.86. The molecule has 0 aliphatic heterocycles. The Morgan fingerprint density at radius 3 is 2.00 bits per heavy atom. The van der Waals surface area contributed by atoms with Crippen molar-refractivity contribution in [2.24, 2.45) is 0 Å². The summed E-state index contributed by atoms with van der Waals surface area (Å²) in [7, 11) is 0. The minimum absolute atomic E-state index is 0.0639. The predicted octanol–water partition coefficient (Wildman–Crippen LogP) is 1.73. The molecule has 10 heavy (non-hydrogen) atoms. The molecular formula is C4Cl2N4. The van der Waals surface area contributed by atoms with Gasteiger partial charge in [-0.15, -0.1) is 16.5 Å². The minimum Gasteiger partial charge on any atom is -0.394 e. The molecule has 0 unspecified atom stereocenters. The molecule has 6 heteroatoms. The van der Waals surface area contributed by atoms with Gasteiger partial charge in [-0.2, -0.15) is 4.98 Å². The van der Waals surface area contributed by atoms with E-state index in [9.17, 15) is 0 Å². The van der Waals surface area contributed by atoms with Gasteiger partial charge in [-0.3, -0.25) is 0 Å². The summed E-state index contributed by atoms with van der Waals surface area (Å²) in [6.45, 7) is 6.49. The van der Waals surface area contributed by atoms with Crippen molar-refractivity contribution in [3.8, 4) is 0 Å². The molecule has 4 nitrogen and oxygen atoms in total. The van der Waals surface area contributed by atoms with Gasteiger partial charge in [0.15, 0.2) is 0 Å². The van der Waals surface area contributed by atoms with Crippen molar-refractivity contribution in [2.45, 2.75) is 0 Å². The highest BCUT2D eigenvalue weighted by molar-refractivity contribution is 6.31. The third kappa shape index (κ3) is 1.53. The molecule has 0 N–H and O–H groups in total. The first-order valence-electron chi connectivity index (χ1n) is 2.17. The lowest BCUT2D eigenvalue weighted by Crippen LogP contribution is -1.85. The Morgan fingerprint density at radius 2 is 1.60 bits per heavy atom. The standard InChI is InChI=1S/C4Cl2N4/c1-7-4-9-2(5)8-3(6)10-4. The minimum atomic E-state index is -0.0926. The van der Waals surface area contributed by atoms with Crippen molar-refractivity contribution in [1.82, 2.24) is 15.0 Å². The van der Waals surface area contributed by atoms with E-state index in [2.05, 4.69) is 19.8 Å². The first-order chi connectivity index (χ1) is 4.72. The van der Waals surface area contributed by atoms with E-state index in [4.69, 9.17) is 29.8 Å². The summed E-state index contributed by atoms with van der Waals surface area (Å²) < 4.78 is 0. The maximum Gasteiger partial charge on any atom is 0.377 e. The molecule has 0 radical (unpaired) electrons. The first kappa shape index (κ1) is 7.19. The van der Waals surface area contributed by atoms with Gasteiger partial charge in [-0.05, 0) is 23.2 Å². The zero-order chi connectivity index (χ0) is 7.56. The Kier molecular flexibility index (Phi) is 2.00. The Labute approximate surface area is 66.7 Å². The zero-order valence-corrected chi connectivity index (χ0v) is 6.06. The molecule has 0 amide bonds. The fourth-order valence-electron chi connectivity index (χ4n) is 0.366. The van der Waals surface area contributed by atoms with Crippen LogP contribution < -0.4 is 0 Å². The third-order valence-electron chi connectivity index (χ3n) is 0.669. The van der Waals surface area contributed by atoms with Crippen molar-refractivity contribution < 1.29 is 0 Å². The van der Waals surface area contributed by atoms with Gasteiger partial charge in [0.2, 0.25) is 0 Å². The summed E-state index contributed by atoms with van der Waals surface area (Å²) in [5, 5.41) is -0.128. The number of rotatable bonds is 0. The topological polar surface area (TPSA) is 43.0 Å². The van der Waals surface area contributed by atoms with Gasteiger partial charge in [-0.1, -0.05) is 0 Å². The number of aromatic nitrogens is 3. The summed E-state index contributed by atoms with van der Waals surface area (Å²) in [4.78, 5) is 13.3. The van der Waals surface area contributed by atoms with E-state index in [1.165, 1.54) is 0 Å². The average molecular weight is 175 g/mol. The lowest BCUT2D eigenvalue weighted by atomic mass is 11.0. The summed E-state index contributed by atoms with van der Waals surface area (Å²) in [5.41, 5.74) is 0. The number of hydrogen-bond acceptors (Lipinski definition) is 3. The normalized spacial score (nSPS) is 8.90. The second kappa shape index (κ2) is 2.78. The second-order valence-electron chi connectivity index (χ2n) is 1.29. The Balaban J connectivity index is 3.22. The molecule has 0 aliphatic rings. The van der Waals surface area contributed by atoms with Gasteiger partial charge >= 0.3 is 5.95 Å². The summed E-state index contributed by atoms with van der Waals surface area (Å²) in [6.07, 6.45) is 0. The highest BCUT2D eigenvalue weighted by atomic mass is 35.5. The second-order valence-corrected chi connectivity index (χ2v) is 1.96. The van der Waals surface area contributed by atoms with Gasteiger partial charge < -0.3 is 4.85 Å². The van der Waals surface area contributed by atoms with Gasteiger partial charge in [0, 0.05) is 0 Å². The molecule has 0 bridgehead atoms. The van der Waals surface area contributed by atoms with Crippen LogP contribution in [0.15, 0.2) is 0 Å². The molecule has 0 aromatic carbocycles. The molecule has 0 fully saturated rings. The van der Waals surface area contributed by atoms with Gasteiger partial charge in [0.25, 0.3) is 10.6 Å². The molecule has 1 rings (SSSR count). The Bertz CT molecular complexity index is 272. The smallest absolute Gasteiger partial charge is 0.377 e. The quantitative estimate of drug-likeness (QED) is 0.563. The van der Waals surface area contributed by atoms with E-state index in [0.717, 1.165) is 0 Å². The van der Waals surface area contributed by atoms with Crippen molar-refractivity contribution in [1.29, 1.82) is 0 Å². The molecule has 0 saturated carbocycles. The van der Waals surface area contributed by atoms with E-state index >= 15 is 0 Å². The van der Waals surface area contributed by atoms with E-state index in [-0.39, 0.29) is 16.5 Å². The van der Waals surface area contributed by atoms with Crippen LogP contribution in [0.4, 0.5) is 5.95 Å². The fraction of sp³-hybridized carbons (Fsp3) is 0. The van der Waals surface area contributed by atoms with Crippen LogP contribution in [0.5, 0.6) is 0 Å². The fourth-order valence-corrected chi connectivity index (χ4v) is 0.721. The highest BCUT2D eigenvalue weighted by Gasteiger charge is 2.03. The summed E-state index contributed by atoms with van der Waals surface area (Å²) in [6, 6.07) is 0. The van der Waals surface area contributed by atoms with E-state index in [1.807, 2.05) is 0 Å². The average Bonchev–Trinajstić information content (AvgIpc) is 1.85. The summed E-state index contributed by atoms with van der Waals surface area (Å²) in [5.74, 6) is -0.0926. The number of nitrogens with zero attached hydrogens (tertiary/aromatic N) is 4. The highest BCUT2D eigenvalue weighted by Crippen LogP contribution is 2.10. The van der Waals surface area contributed by atoms with Crippen molar-refractivity contribution in [2.75, 3.05) is 0 Å². The predicted molar refractivity (Wildman–Crippen MR) is 36.1 cm³/mol. The van der Waals surface area contributed by atoms with Gasteiger partial charge in [0.05, 0.1) is 0 Å². The van der Waals surface area contributed by atoms with E-state index < -0.39 is 0 Å². The molecule has 0 saturated heterocycles. The van der Waals surface area contributed by atoms with Crippen LogP contribution in [0.25, 0.3) is 4.85 Å². The van der Waals surface area contributed by atoms with E-state index in [1.54, 1.807) is 0 Å². The number of halogens is 2. The van der Waals surface area contributed by atoms with Crippen LogP contribution in [0, 0.1) is 6.57 Å². The molecule has 1 aromatic heterocycles. The zero-order valence-electron chi connectivity index (χ0n) is 4.54. The largest absolute Gasteiger partial charge is 0.394 e. The van der Waals surface area contributed by atoms with Crippen LogP contribution in [-0.4, -0.2) is 15.0 Å². The molecule has 0 atom stereocenters. The number of hydrogen-bond donors (Lipinski definition) is 0. The van der Waals surface area contributed by atoms with Crippen LogP contribution in [-0.2, 0) is 0 Å². The Morgan fingerprint density at radius 1 is 1.10 bits per heavy atom. The SMILES string of the molecule is [C-]#[N+]c1nc(Cl)nc(Cl)n1. The molecule has 0 spiro atoms. The molecule has 1 aromatic rings. The van der Waals surface area contributed by atoms with E-state index in [0.29, 0.717) is 0 Å². The molecule has 1 heterocycles. The van der Waals surface area contributed by atoms with Crippen LogP contribution in [0.2, 0.25) is 10.6 Å². The van der Waals surface area contributed by atoms with Crippen molar-refractivity contribution in [3.05, 3.63) is 22.0 Å². The third-order valence-corrected chi connectivity index (χ3v) is 1.01. The van der Waals surface area contributed by atoms with Crippen molar-refractivity contribution >= 4 is 29.2 Å². The van der Waals surface area contributed by atoms with Crippen LogP contribution in [0.3, 0.4) is 0 Å². The van der Waals surface area contributed by atoms with Gasteiger partial charge in [0.1, 0.15) is 0 Å². The molecular weight excluding hydrogens is 175 g/mol. The van der Waals surface area contributed by atoms with Crippen molar-refractivity contribution in [3.63, 3.8) is 0 Å². The first-order valence-corrected chi connectivity index (χ1v) is 2.92.